The van der Waals surface area contributed by atoms with Crippen LogP contribution in [0.4, 0.5) is 5.82 Å². The molecule has 4 heterocycles. The van der Waals surface area contributed by atoms with Gasteiger partial charge in [0.2, 0.25) is 5.91 Å². The average molecular weight is 514 g/mol. The maximum Gasteiger partial charge on any atom is 0.219 e. The number of aliphatic imine (C=N–C) groups is 2. The number of rotatable bonds is 4. The topological polar surface area (TPSA) is 126 Å². The minimum absolute atomic E-state index is 0.0491. The molecule has 1 unspecified atom stereocenters. The van der Waals surface area contributed by atoms with Crippen LogP contribution in [0.25, 0.3) is 11.3 Å². The van der Waals surface area contributed by atoms with E-state index in [9.17, 15) is 4.79 Å². The Morgan fingerprint density at radius 3 is 2.68 bits per heavy atom. The zero-order chi connectivity index (χ0) is 27.5. The van der Waals surface area contributed by atoms with Crippen LogP contribution in [0.15, 0.2) is 69.8 Å². The molecule has 1 aromatic carbocycles. The molecule has 10 heteroatoms. The fourth-order valence-corrected chi connectivity index (χ4v) is 4.11. The van der Waals surface area contributed by atoms with E-state index >= 15 is 0 Å². The number of nitrogen functional groups attached to an aromatic ring is 1. The number of fused-ring (bicyclic) bond motifs is 2. The summed E-state index contributed by atoms with van der Waals surface area (Å²) >= 11 is 0. The number of hydrazone groups is 1. The summed E-state index contributed by atoms with van der Waals surface area (Å²) in [7, 11) is 1.65. The van der Waals surface area contributed by atoms with Crippen LogP contribution in [-0.4, -0.2) is 58.3 Å². The molecule has 3 aromatic rings. The SMILES string of the molecule is C=NNC=NC.CC.CC(=O)N1CCc2c(nc3c(C4C=CC=C(c5ccccc5)N=C4)cnn3c2N)C1. The van der Waals surface area contributed by atoms with Crippen molar-refractivity contribution < 1.29 is 4.79 Å². The second-order valence-corrected chi connectivity index (χ2v) is 8.23. The number of nitrogens with zero attached hydrogens (tertiary/aromatic N) is 7. The number of carbonyl (C=O) groups is 1. The first-order valence-electron chi connectivity index (χ1n) is 12.5. The highest BCUT2D eigenvalue weighted by Gasteiger charge is 2.25. The Hall–Kier alpha value is -4.60. The van der Waals surface area contributed by atoms with Crippen molar-refractivity contribution in [3.63, 3.8) is 0 Å². The van der Waals surface area contributed by atoms with Crippen LogP contribution >= 0.6 is 0 Å². The van der Waals surface area contributed by atoms with Gasteiger partial charge in [-0.1, -0.05) is 56.3 Å². The number of hydrogen-bond donors (Lipinski definition) is 2. The minimum atomic E-state index is -0.0718. The average Bonchev–Trinajstić information content (AvgIpc) is 3.22. The number of allylic oxidation sites excluding steroid dienone is 3. The number of carbonyl (C=O) groups excluding carboxylic acids is 1. The quantitative estimate of drug-likeness (QED) is 0.311. The molecule has 1 atom stereocenters. The van der Waals surface area contributed by atoms with E-state index in [2.05, 4.69) is 33.4 Å². The number of nitrogens with two attached hydrogens (primary N) is 1. The van der Waals surface area contributed by atoms with Gasteiger partial charge in [-0.05, 0) is 12.5 Å². The molecule has 38 heavy (non-hydrogen) atoms. The van der Waals surface area contributed by atoms with Crippen LogP contribution < -0.4 is 11.2 Å². The van der Waals surface area contributed by atoms with Gasteiger partial charge in [0.25, 0.3) is 0 Å². The molecule has 5 rings (SSSR count). The summed E-state index contributed by atoms with van der Waals surface area (Å²) in [6, 6.07) is 10.1. The summed E-state index contributed by atoms with van der Waals surface area (Å²) in [5, 5.41) is 7.78. The van der Waals surface area contributed by atoms with E-state index < -0.39 is 0 Å². The van der Waals surface area contributed by atoms with Crippen LogP contribution in [-0.2, 0) is 17.8 Å². The Labute approximate surface area is 223 Å². The summed E-state index contributed by atoms with van der Waals surface area (Å²) < 4.78 is 1.70. The smallest absolute Gasteiger partial charge is 0.219 e. The van der Waals surface area contributed by atoms with Gasteiger partial charge in [-0.2, -0.15) is 14.7 Å². The molecular formula is C28H35N9O. The molecule has 0 saturated carbocycles. The lowest BCUT2D eigenvalue weighted by Gasteiger charge is -2.28. The molecule has 0 saturated heterocycles. The second kappa shape index (κ2) is 13.6. The van der Waals surface area contributed by atoms with Gasteiger partial charge in [-0.15, -0.1) is 0 Å². The number of hydrogen-bond acceptors (Lipinski definition) is 7. The van der Waals surface area contributed by atoms with Crippen LogP contribution in [0.5, 0.6) is 0 Å². The molecule has 0 spiro atoms. The third kappa shape index (κ3) is 6.39. The summed E-state index contributed by atoms with van der Waals surface area (Å²) in [6.07, 6.45) is 12.0. The Morgan fingerprint density at radius 2 is 2.03 bits per heavy atom. The Kier molecular flexibility index (Phi) is 10.0. The molecule has 0 aliphatic carbocycles. The predicted molar refractivity (Wildman–Crippen MR) is 155 cm³/mol. The molecule has 0 fully saturated rings. The van der Waals surface area contributed by atoms with Crippen molar-refractivity contribution in [2.24, 2.45) is 15.1 Å². The van der Waals surface area contributed by atoms with Crippen molar-refractivity contribution in [1.82, 2.24) is 24.9 Å². The molecule has 0 bridgehead atoms. The van der Waals surface area contributed by atoms with Gasteiger partial charge in [0, 0.05) is 56.1 Å². The Morgan fingerprint density at radius 1 is 1.26 bits per heavy atom. The van der Waals surface area contributed by atoms with Crippen molar-refractivity contribution in [3.05, 3.63) is 77.1 Å². The summed E-state index contributed by atoms with van der Waals surface area (Å²) in [6.45, 7) is 9.86. The van der Waals surface area contributed by atoms with E-state index in [-0.39, 0.29) is 11.8 Å². The minimum Gasteiger partial charge on any atom is -0.383 e. The molecule has 3 N–H and O–H groups in total. The number of nitrogens with one attached hydrogen (secondary N) is 1. The van der Waals surface area contributed by atoms with Gasteiger partial charge in [-0.3, -0.25) is 20.2 Å². The molecule has 10 nitrogen and oxygen atoms in total. The first-order chi connectivity index (χ1) is 18.5. The van der Waals surface area contributed by atoms with E-state index in [1.54, 1.807) is 29.6 Å². The third-order valence-corrected chi connectivity index (χ3v) is 5.97. The van der Waals surface area contributed by atoms with Gasteiger partial charge in [0.15, 0.2) is 5.65 Å². The monoisotopic (exact) mass is 513 g/mol. The molecule has 1 amide bonds. The van der Waals surface area contributed by atoms with Crippen LogP contribution in [0.2, 0.25) is 0 Å². The fourth-order valence-electron chi connectivity index (χ4n) is 4.11. The first kappa shape index (κ1) is 28.0. The molecular weight excluding hydrogens is 478 g/mol. The lowest BCUT2D eigenvalue weighted by molar-refractivity contribution is -0.129. The van der Waals surface area contributed by atoms with Gasteiger partial charge in [0.1, 0.15) is 12.2 Å². The van der Waals surface area contributed by atoms with Gasteiger partial charge in [-0.25, -0.2) is 4.98 Å². The largest absolute Gasteiger partial charge is 0.383 e. The summed E-state index contributed by atoms with van der Waals surface area (Å²) in [5.74, 6) is 0.576. The van der Waals surface area contributed by atoms with Crippen LogP contribution in [0.1, 0.15) is 49.1 Å². The highest BCUT2D eigenvalue weighted by atomic mass is 16.2. The lowest BCUT2D eigenvalue weighted by atomic mass is 10.0. The highest BCUT2D eigenvalue weighted by molar-refractivity contribution is 5.83. The predicted octanol–water partition coefficient (Wildman–Crippen LogP) is 3.86. The first-order valence-corrected chi connectivity index (χ1v) is 12.5. The molecule has 2 aliphatic heterocycles. The summed E-state index contributed by atoms with van der Waals surface area (Å²) in [5.41, 5.74) is 14.3. The van der Waals surface area contributed by atoms with Gasteiger partial charge in [0.05, 0.1) is 24.1 Å². The molecule has 2 aliphatic rings. The fraction of sp³-hybridized carbons (Fsp3) is 0.286. The van der Waals surface area contributed by atoms with E-state index in [0.717, 1.165) is 28.1 Å². The molecule has 2 aromatic heterocycles. The Balaban J connectivity index is 0.000000443. The highest BCUT2D eigenvalue weighted by Crippen LogP contribution is 2.29. The number of anilines is 1. The zero-order valence-electron chi connectivity index (χ0n) is 22.4. The normalized spacial score (nSPS) is 15.9. The van der Waals surface area contributed by atoms with E-state index in [1.807, 2.05) is 62.5 Å². The van der Waals surface area contributed by atoms with Crippen LogP contribution in [0.3, 0.4) is 0 Å². The second-order valence-electron chi connectivity index (χ2n) is 8.23. The van der Waals surface area contributed by atoms with Gasteiger partial charge < -0.3 is 10.6 Å². The molecule has 198 valence electrons. The summed E-state index contributed by atoms with van der Waals surface area (Å²) in [4.78, 5) is 26.7. The number of aromatic nitrogens is 3. The molecule has 0 radical (unpaired) electrons. The number of benzene rings is 1. The number of amides is 1. The Bertz CT molecular complexity index is 1370. The van der Waals surface area contributed by atoms with Crippen molar-refractivity contribution in [2.45, 2.75) is 39.7 Å². The van der Waals surface area contributed by atoms with Crippen molar-refractivity contribution in [1.29, 1.82) is 0 Å². The lowest BCUT2D eigenvalue weighted by Crippen LogP contribution is -2.35. The van der Waals surface area contributed by atoms with Gasteiger partial charge >= 0.3 is 0 Å². The van der Waals surface area contributed by atoms with E-state index in [1.165, 1.54) is 6.34 Å². The maximum atomic E-state index is 11.8. The standard InChI is InChI=1S/C23H22N6O.C3H7N3.C2H6/c1-15(30)28-11-10-18-21(14-28)27-23-19(13-26-29(23)22(18)24)17-8-5-9-20(25-12-17)16-6-3-2-4-7-16;1-4-3-6-5-2;1-2/h2-9,12-13,17H,10-11,14,24H2,1H3;3H,2H2,1H3,(H,4,6);1-2H3. The van der Waals surface area contributed by atoms with E-state index in [0.29, 0.717) is 31.0 Å². The van der Waals surface area contributed by atoms with Crippen molar-refractivity contribution >= 4 is 42.3 Å². The zero-order valence-corrected chi connectivity index (χ0v) is 22.4. The van der Waals surface area contributed by atoms with Crippen LogP contribution in [0, 0.1) is 0 Å². The van der Waals surface area contributed by atoms with Crippen molar-refractivity contribution in [3.8, 4) is 0 Å². The van der Waals surface area contributed by atoms with Crippen molar-refractivity contribution in [2.75, 3.05) is 19.3 Å². The maximum absolute atomic E-state index is 11.8. The van der Waals surface area contributed by atoms with E-state index in [4.69, 9.17) is 15.7 Å². The third-order valence-electron chi connectivity index (χ3n) is 5.97.